The molecule has 336 valence electrons. The number of para-hydroxylation sites is 2. The highest BCUT2D eigenvalue weighted by Crippen LogP contribution is 2.62. The highest BCUT2D eigenvalue weighted by molar-refractivity contribution is 7.00. The first kappa shape index (κ1) is 42.2. The Bertz CT molecular complexity index is 3320. The molecule has 12 rings (SSSR count). The lowest BCUT2D eigenvalue weighted by Gasteiger charge is -2.51. The fourth-order valence-corrected chi connectivity index (χ4v) is 12.7. The SMILES string of the molecule is CC(C)(C)c1ccc(N2c3ccc(C(C)(C)C)cc3B3c4cc(C(C)(C)C)ccc4N(c4cccc5oc6ccccc6c45)c4cc(N5c6ccccc6C6(C)CCCCC56C)cc2c43)cc1. The van der Waals surface area contributed by atoms with Gasteiger partial charge in [-0.1, -0.05) is 161 Å². The first-order valence-corrected chi connectivity index (χ1v) is 24.8. The summed E-state index contributed by atoms with van der Waals surface area (Å²) >= 11 is 0. The molecule has 4 heterocycles. The summed E-state index contributed by atoms with van der Waals surface area (Å²) in [6, 6.07) is 53.9. The lowest BCUT2D eigenvalue weighted by Crippen LogP contribution is -2.62. The summed E-state index contributed by atoms with van der Waals surface area (Å²) in [4.78, 5) is 8.01. The summed E-state index contributed by atoms with van der Waals surface area (Å²) in [5.74, 6) is 0. The van der Waals surface area contributed by atoms with Crippen molar-refractivity contribution in [1.82, 2.24) is 0 Å². The predicted molar refractivity (Wildman–Crippen MR) is 287 cm³/mol. The second-order valence-corrected chi connectivity index (χ2v) is 23.8. The summed E-state index contributed by atoms with van der Waals surface area (Å²) in [6.07, 6.45) is 4.78. The average Bonchev–Trinajstić information content (AvgIpc) is 3.78. The molecular weight excluding hydrogens is 814 g/mol. The normalized spacial score (nSPS) is 19.9. The van der Waals surface area contributed by atoms with Crippen LogP contribution in [0.2, 0.25) is 0 Å². The quantitative estimate of drug-likeness (QED) is 0.165. The Morgan fingerprint density at radius 3 is 1.70 bits per heavy atom. The highest BCUT2D eigenvalue weighted by Gasteiger charge is 2.58. The number of hydrogen-bond donors (Lipinski definition) is 0. The van der Waals surface area contributed by atoms with Crippen LogP contribution in [0.5, 0.6) is 0 Å². The van der Waals surface area contributed by atoms with Gasteiger partial charge >= 0.3 is 0 Å². The van der Waals surface area contributed by atoms with Crippen LogP contribution in [0.1, 0.15) is 124 Å². The molecule has 1 fully saturated rings. The molecule has 1 aliphatic carbocycles. The Morgan fingerprint density at radius 1 is 0.478 bits per heavy atom. The largest absolute Gasteiger partial charge is 0.456 e. The molecule has 67 heavy (non-hydrogen) atoms. The summed E-state index contributed by atoms with van der Waals surface area (Å²) in [5, 5.41) is 2.27. The minimum atomic E-state index is -0.123. The van der Waals surface area contributed by atoms with Gasteiger partial charge in [-0.05, 0) is 135 Å². The van der Waals surface area contributed by atoms with E-state index >= 15 is 0 Å². The molecule has 0 saturated heterocycles. The zero-order chi connectivity index (χ0) is 46.6. The number of benzene rings is 7. The van der Waals surface area contributed by atoms with Gasteiger partial charge in [-0.2, -0.15) is 0 Å². The zero-order valence-corrected chi connectivity index (χ0v) is 41.4. The van der Waals surface area contributed by atoms with Crippen molar-refractivity contribution in [2.45, 2.75) is 129 Å². The molecule has 1 saturated carbocycles. The molecule has 4 nitrogen and oxygen atoms in total. The summed E-state index contributed by atoms with van der Waals surface area (Å²) in [6.45, 7) is 26.1. The zero-order valence-electron chi connectivity index (χ0n) is 41.4. The molecule has 7 aromatic carbocycles. The van der Waals surface area contributed by atoms with Gasteiger partial charge in [0.25, 0.3) is 6.71 Å². The van der Waals surface area contributed by atoms with Crippen LogP contribution in [0, 0.1) is 0 Å². The van der Waals surface area contributed by atoms with Crippen LogP contribution in [0.25, 0.3) is 21.9 Å². The van der Waals surface area contributed by atoms with Gasteiger partial charge < -0.3 is 19.1 Å². The van der Waals surface area contributed by atoms with Crippen LogP contribution in [0.15, 0.2) is 144 Å². The van der Waals surface area contributed by atoms with Crippen molar-refractivity contribution < 1.29 is 4.42 Å². The van der Waals surface area contributed by atoms with Crippen LogP contribution in [-0.4, -0.2) is 12.3 Å². The Hall–Kier alpha value is -6.20. The molecule has 2 unspecified atom stereocenters. The number of fused-ring (bicyclic) bond motifs is 10. The molecule has 0 bridgehead atoms. The van der Waals surface area contributed by atoms with Crippen LogP contribution in [0.3, 0.4) is 0 Å². The summed E-state index contributed by atoms with van der Waals surface area (Å²) in [5.41, 5.74) is 21.0. The van der Waals surface area contributed by atoms with E-state index in [-0.39, 0.29) is 33.9 Å². The minimum absolute atomic E-state index is 0.00683. The number of furan rings is 1. The number of hydrogen-bond acceptors (Lipinski definition) is 4. The summed E-state index contributed by atoms with van der Waals surface area (Å²) < 4.78 is 6.69. The third-order valence-corrected chi connectivity index (χ3v) is 16.7. The van der Waals surface area contributed by atoms with E-state index in [4.69, 9.17) is 4.42 Å². The van der Waals surface area contributed by atoms with E-state index in [1.54, 1.807) is 0 Å². The van der Waals surface area contributed by atoms with Gasteiger partial charge in [-0.15, -0.1) is 0 Å². The third-order valence-electron chi connectivity index (χ3n) is 16.7. The van der Waals surface area contributed by atoms with Crippen molar-refractivity contribution in [2.24, 2.45) is 0 Å². The molecule has 4 aliphatic rings. The molecule has 1 aromatic heterocycles. The van der Waals surface area contributed by atoms with Crippen LogP contribution >= 0.6 is 0 Å². The Balaban J connectivity index is 1.24. The topological polar surface area (TPSA) is 22.9 Å². The van der Waals surface area contributed by atoms with E-state index in [0.717, 1.165) is 34.0 Å². The van der Waals surface area contributed by atoms with Gasteiger partial charge in [-0.25, -0.2) is 0 Å². The fourth-order valence-electron chi connectivity index (χ4n) is 12.7. The molecule has 0 N–H and O–H groups in total. The second kappa shape index (κ2) is 14.2. The third kappa shape index (κ3) is 6.05. The van der Waals surface area contributed by atoms with Crippen LogP contribution in [-0.2, 0) is 21.7 Å². The molecule has 2 atom stereocenters. The Labute approximate surface area is 398 Å². The van der Waals surface area contributed by atoms with Gasteiger partial charge in [0, 0.05) is 50.6 Å². The molecule has 3 aliphatic heterocycles. The maximum Gasteiger partial charge on any atom is 0.252 e. The van der Waals surface area contributed by atoms with E-state index in [1.165, 1.54) is 97.7 Å². The van der Waals surface area contributed by atoms with E-state index in [1.807, 2.05) is 0 Å². The van der Waals surface area contributed by atoms with Crippen molar-refractivity contribution >= 4 is 90.5 Å². The van der Waals surface area contributed by atoms with Crippen molar-refractivity contribution in [2.75, 3.05) is 14.7 Å². The monoisotopic (exact) mass is 878 g/mol. The van der Waals surface area contributed by atoms with Gasteiger partial charge in [0.15, 0.2) is 0 Å². The lowest BCUT2D eigenvalue weighted by molar-refractivity contribution is 0.195. The van der Waals surface area contributed by atoms with Crippen molar-refractivity contribution in [3.05, 3.63) is 162 Å². The molecule has 0 radical (unpaired) electrons. The van der Waals surface area contributed by atoms with Crippen molar-refractivity contribution in [1.29, 1.82) is 0 Å². The lowest BCUT2D eigenvalue weighted by atomic mass is 9.33. The van der Waals surface area contributed by atoms with Crippen LogP contribution < -0.4 is 31.1 Å². The number of anilines is 8. The standard InChI is InChI=1S/C62H64BN3O/c1-58(2,3)39-25-29-42(30-26-39)64-49-31-27-40(59(4,5)6)35-46(49)63-47-36-41(60(7,8)9)28-32-50(47)65(51-22-18-24-55-56(51)44-19-12-15-23-54(44)67-55)53-38-43(37-52(64)57(53)63)66-48-21-14-13-20-45(48)61(10)33-16-17-34-62(61,66)11/h12-15,18-32,35-38H,16-17,33-34H2,1-11H3. The van der Waals surface area contributed by atoms with Gasteiger partial charge in [0.1, 0.15) is 11.2 Å². The second-order valence-electron chi connectivity index (χ2n) is 23.8. The Morgan fingerprint density at radius 2 is 1.03 bits per heavy atom. The first-order valence-electron chi connectivity index (χ1n) is 24.8. The van der Waals surface area contributed by atoms with Crippen LogP contribution in [0.4, 0.5) is 45.5 Å². The van der Waals surface area contributed by atoms with Crippen molar-refractivity contribution in [3.8, 4) is 0 Å². The van der Waals surface area contributed by atoms with Crippen molar-refractivity contribution in [3.63, 3.8) is 0 Å². The van der Waals surface area contributed by atoms with Gasteiger partial charge in [0.2, 0.25) is 0 Å². The molecular formula is C62H64BN3O. The van der Waals surface area contributed by atoms with E-state index in [9.17, 15) is 0 Å². The molecule has 0 spiro atoms. The maximum atomic E-state index is 6.69. The molecule has 0 amide bonds. The first-order chi connectivity index (χ1) is 31.9. The number of nitrogens with zero attached hydrogens (tertiary/aromatic N) is 3. The van der Waals surface area contributed by atoms with E-state index < -0.39 is 0 Å². The smallest absolute Gasteiger partial charge is 0.252 e. The van der Waals surface area contributed by atoms with E-state index in [0.29, 0.717) is 0 Å². The molecule has 8 aromatic rings. The average molecular weight is 878 g/mol. The number of rotatable bonds is 3. The predicted octanol–water partition coefficient (Wildman–Crippen LogP) is 15.3. The maximum absolute atomic E-state index is 6.69. The van der Waals surface area contributed by atoms with Gasteiger partial charge in [-0.3, -0.25) is 0 Å². The molecule has 5 heteroatoms. The Kier molecular flexibility index (Phi) is 8.92. The van der Waals surface area contributed by atoms with E-state index in [2.05, 4.69) is 230 Å². The fraction of sp³-hybridized carbons (Fsp3) is 0.323. The highest BCUT2D eigenvalue weighted by atomic mass is 16.3. The van der Waals surface area contributed by atoms with Gasteiger partial charge in [0.05, 0.1) is 16.6 Å². The minimum Gasteiger partial charge on any atom is -0.456 e. The summed E-state index contributed by atoms with van der Waals surface area (Å²) in [7, 11) is 0.